The number of nitrogens with one attached hydrogen (secondary N) is 1. The first kappa shape index (κ1) is 19.3. The van der Waals surface area contributed by atoms with Gasteiger partial charge in [-0.1, -0.05) is 6.07 Å². The van der Waals surface area contributed by atoms with Gasteiger partial charge in [0.05, 0.1) is 10.9 Å². The van der Waals surface area contributed by atoms with Crippen LogP contribution < -0.4 is 10.5 Å². The summed E-state index contributed by atoms with van der Waals surface area (Å²) in [6, 6.07) is 6.83. The molecule has 1 aliphatic heterocycles. The summed E-state index contributed by atoms with van der Waals surface area (Å²) in [5.41, 5.74) is 1.72. The molecule has 0 spiro atoms. The topological polar surface area (TPSA) is 92.4 Å². The van der Waals surface area contributed by atoms with Gasteiger partial charge in [-0.25, -0.2) is 9.78 Å². The van der Waals surface area contributed by atoms with E-state index in [1.807, 2.05) is 13.8 Å². The summed E-state index contributed by atoms with van der Waals surface area (Å²) >= 11 is 1.45. The van der Waals surface area contributed by atoms with Crippen LogP contribution in [-0.2, 0) is 9.53 Å². The molecule has 2 aromatic heterocycles. The average Bonchev–Trinajstić information content (AvgIpc) is 3.25. The second-order valence-corrected chi connectivity index (χ2v) is 8.36. The fourth-order valence-corrected chi connectivity index (χ4v) is 4.51. The number of nitrogens with zero attached hydrogens (tertiary/aromatic N) is 2. The monoisotopic (exact) mass is 411 g/mol. The Kier molecular flexibility index (Phi) is 4.96. The van der Waals surface area contributed by atoms with Crippen molar-refractivity contribution in [2.24, 2.45) is 0 Å². The second-order valence-electron chi connectivity index (χ2n) is 7.16. The maximum Gasteiger partial charge on any atom is 0.338 e. The first-order valence-corrected chi connectivity index (χ1v) is 10.3. The number of ether oxygens (including phenoxy) is 1. The summed E-state index contributed by atoms with van der Waals surface area (Å²) in [5.74, 6) is -0.171. The maximum absolute atomic E-state index is 12.6. The predicted molar refractivity (Wildman–Crippen MR) is 112 cm³/mol. The van der Waals surface area contributed by atoms with Crippen molar-refractivity contribution >= 4 is 39.1 Å². The molecular weight excluding hydrogens is 390 g/mol. The number of aromatic amines is 1. The van der Waals surface area contributed by atoms with E-state index in [-0.39, 0.29) is 11.5 Å². The van der Waals surface area contributed by atoms with E-state index < -0.39 is 12.1 Å². The van der Waals surface area contributed by atoms with Crippen LogP contribution in [0.25, 0.3) is 10.2 Å². The zero-order chi connectivity index (χ0) is 20.7. The minimum absolute atomic E-state index is 0.0560. The van der Waals surface area contributed by atoms with Crippen LogP contribution in [0.15, 0.2) is 29.1 Å². The number of aromatic nitrogens is 2. The summed E-state index contributed by atoms with van der Waals surface area (Å²) < 4.78 is 5.54. The first-order valence-electron chi connectivity index (χ1n) is 9.46. The lowest BCUT2D eigenvalue weighted by molar-refractivity contribution is -0.117. The highest BCUT2D eigenvalue weighted by molar-refractivity contribution is 7.18. The molecule has 0 radical (unpaired) electrons. The molecule has 1 saturated heterocycles. The molecule has 1 aliphatic rings. The van der Waals surface area contributed by atoms with Crippen LogP contribution in [0.5, 0.6) is 0 Å². The van der Waals surface area contributed by atoms with Crippen molar-refractivity contribution in [1.29, 1.82) is 0 Å². The van der Waals surface area contributed by atoms with Gasteiger partial charge in [-0.15, -0.1) is 11.3 Å². The molecular formula is C21H21N3O4S. The lowest BCUT2D eigenvalue weighted by Gasteiger charge is -2.17. The third kappa shape index (κ3) is 3.55. The van der Waals surface area contributed by atoms with E-state index >= 15 is 0 Å². The van der Waals surface area contributed by atoms with E-state index in [1.165, 1.54) is 11.3 Å². The summed E-state index contributed by atoms with van der Waals surface area (Å²) in [5, 5.41) is 0.581. The Morgan fingerprint density at radius 3 is 2.83 bits per heavy atom. The number of fused-ring (bicyclic) bond motifs is 1. The number of rotatable bonds is 4. The smallest absolute Gasteiger partial charge is 0.338 e. The van der Waals surface area contributed by atoms with Gasteiger partial charge in [-0.3, -0.25) is 9.59 Å². The summed E-state index contributed by atoms with van der Waals surface area (Å²) in [6.07, 6.45) is 0.613. The number of anilines is 1. The van der Waals surface area contributed by atoms with Crippen LogP contribution in [0.3, 0.4) is 0 Å². The van der Waals surface area contributed by atoms with Crippen LogP contribution >= 0.6 is 11.3 Å². The van der Waals surface area contributed by atoms with Gasteiger partial charge in [-0.2, -0.15) is 0 Å². The largest absolute Gasteiger partial charge is 0.451 e. The molecule has 8 heteroatoms. The molecule has 0 aliphatic carbocycles. The lowest BCUT2D eigenvalue weighted by atomic mass is 10.2. The molecule has 1 N–H and O–H groups in total. The number of hydrogen-bond donors (Lipinski definition) is 1. The Bertz CT molecular complexity index is 1180. The molecule has 0 bridgehead atoms. The molecule has 3 heterocycles. The number of carbonyl (C=O) groups is 2. The molecule has 1 aromatic carbocycles. The second kappa shape index (κ2) is 7.44. The van der Waals surface area contributed by atoms with Crippen LogP contribution in [0.1, 0.15) is 52.5 Å². The highest BCUT2D eigenvalue weighted by Crippen LogP contribution is 2.27. The standard InChI is InChI=1S/C21H21N3O4S/c1-11-13(3)29-20-17(11)19(26)22-18(23-20)12(2)28-21(27)14-6-4-7-15(10-14)24-9-5-8-16(24)25/h4,6-7,10,12H,5,8-9H2,1-3H3,(H,22,23,26)/t12-/m1/s1. The molecule has 29 heavy (non-hydrogen) atoms. The molecule has 4 rings (SSSR count). The number of H-pyrrole nitrogens is 1. The fraction of sp³-hybridized carbons (Fsp3) is 0.333. The summed E-state index contributed by atoms with van der Waals surface area (Å²) in [7, 11) is 0. The number of esters is 1. The van der Waals surface area contributed by atoms with Crippen molar-refractivity contribution in [1.82, 2.24) is 9.97 Å². The number of thiophene rings is 1. The van der Waals surface area contributed by atoms with Gasteiger partial charge in [0, 0.05) is 23.5 Å². The molecule has 7 nitrogen and oxygen atoms in total. The van der Waals surface area contributed by atoms with E-state index in [1.54, 1.807) is 36.1 Å². The Labute approximate surface area is 171 Å². The highest BCUT2D eigenvalue weighted by Gasteiger charge is 2.23. The van der Waals surface area contributed by atoms with E-state index in [0.717, 1.165) is 16.9 Å². The predicted octanol–water partition coefficient (Wildman–Crippen LogP) is 3.65. The number of amides is 1. The van der Waals surface area contributed by atoms with Gasteiger partial charge in [0.25, 0.3) is 5.56 Å². The van der Waals surface area contributed by atoms with Crippen molar-refractivity contribution in [2.75, 3.05) is 11.4 Å². The SMILES string of the molecule is Cc1sc2nc([C@@H](C)OC(=O)c3cccc(N4CCCC4=O)c3)[nH]c(=O)c2c1C. The van der Waals surface area contributed by atoms with Gasteiger partial charge in [0.1, 0.15) is 4.83 Å². The van der Waals surface area contributed by atoms with Crippen LogP contribution in [0, 0.1) is 13.8 Å². The van der Waals surface area contributed by atoms with Crippen molar-refractivity contribution < 1.29 is 14.3 Å². The van der Waals surface area contributed by atoms with Gasteiger partial charge in [0.15, 0.2) is 11.9 Å². The molecule has 0 unspecified atom stereocenters. The van der Waals surface area contributed by atoms with Crippen molar-refractivity contribution in [3.05, 3.63) is 56.4 Å². The van der Waals surface area contributed by atoms with Gasteiger partial charge in [0.2, 0.25) is 5.91 Å². The van der Waals surface area contributed by atoms with Crippen LogP contribution in [-0.4, -0.2) is 28.4 Å². The molecule has 3 aromatic rings. The molecule has 1 atom stereocenters. The van der Waals surface area contributed by atoms with Gasteiger partial charge in [-0.05, 0) is 51.0 Å². The fourth-order valence-electron chi connectivity index (χ4n) is 3.47. The minimum atomic E-state index is -0.723. The van der Waals surface area contributed by atoms with Gasteiger partial charge < -0.3 is 14.6 Å². The normalized spacial score (nSPS) is 15.1. The highest BCUT2D eigenvalue weighted by atomic mass is 32.1. The zero-order valence-corrected chi connectivity index (χ0v) is 17.3. The van der Waals surface area contributed by atoms with E-state index in [4.69, 9.17) is 4.74 Å². The Morgan fingerprint density at radius 1 is 1.31 bits per heavy atom. The van der Waals surface area contributed by atoms with Crippen molar-refractivity contribution in [3.63, 3.8) is 0 Å². The number of carbonyl (C=O) groups excluding carboxylic acids is 2. The van der Waals surface area contributed by atoms with E-state index in [9.17, 15) is 14.4 Å². The third-order valence-corrected chi connectivity index (χ3v) is 6.29. The Hall–Kier alpha value is -3.00. The summed E-state index contributed by atoms with van der Waals surface area (Å²) in [6.45, 7) is 6.16. The molecule has 150 valence electrons. The lowest BCUT2D eigenvalue weighted by Crippen LogP contribution is -2.24. The minimum Gasteiger partial charge on any atom is -0.451 e. The van der Waals surface area contributed by atoms with Crippen LogP contribution in [0.2, 0.25) is 0 Å². The molecule has 1 fully saturated rings. The number of hydrogen-bond acceptors (Lipinski definition) is 6. The third-order valence-electron chi connectivity index (χ3n) is 5.19. The average molecular weight is 411 g/mol. The number of benzene rings is 1. The van der Waals surface area contributed by atoms with E-state index in [2.05, 4.69) is 9.97 Å². The number of aryl methyl sites for hydroxylation is 2. The molecule has 1 amide bonds. The Morgan fingerprint density at radius 2 is 2.10 bits per heavy atom. The van der Waals surface area contributed by atoms with E-state index in [0.29, 0.717) is 40.3 Å². The molecule has 0 saturated carbocycles. The maximum atomic E-state index is 12.6. The Balaban J connectivity index is 1.56. The van der Waals surface area contributed by atoms with Crippen LogP contribution in [0.4, 0.5) is 5.69 Å². The summed E-state index contributed by atoms with van der Waals surface area (Å²) in [4.78, 5) is 47.6. The van der Waals surface area contributed by atoms with Crippen molar-refractivity contribution in [2.45, 2.75) is 39.7 Å². The van der Waals surface area contributed by atoms with Crippen molar-refractivity contribution in [3.8, 4) is 0 Å². The zero-order valence-electron chi connectivity index (χ0n) is 16.4. The quantitative estimate of drug-likeness (QED) is 0.662. The van der Waals surface area contributed by atoms with Gasteiger partial charge >= 0.3 is 5.97 Å². The first-order chi connectivity index (χ1) is 13.8.